The van der Waals surface area contributed by atoms with E-state index in [1.165, 1.54) is 0 Å². The second-order valence-corrected chi connectivity index (χ2v) is 5.50. The molecule has 1 rings (SSSR count). The van der Waals surface area contributed by atoms with E-state index in [2.05, 4.69) is 15.9 Å². The normalized spacial score (nSPS) is 14.0. The maximum absolute atomic E-state index is 13.4. The van der Waals surface area contributed by atoms with Crippen LogP contribution in [-0.2, 0) is 0 Å². The van der Waals surface area contributed by atoms with E-state index in [4.69, 9.17) is 5.73 Å². The summed E-state index contributed by atoms with van der Waals surface area (Å²) in [4.78, 5) is 0. The molecule has 0 saturated heterocycles. The molecule has 0 aliphatic carbocycles. The van der Waals surface area contributed by atoms with E-state index in [1.54, 1.807) is 12.1 Å². The molecule has 0 saturated carbocycles. The average Bonchev–Trinajstić information content (AvgIpc) is 2.12. The van der Waals surface area contributed by atoms with E-state index in [-0.39, 0.29) is 15.6 Å². The lowest BCUT2D eigenvalue weighted by Gasteiger charge is -2.28. The maximum Gasteiger partial charge on any atom is 0.179 e. The number of benzene rings is 1. The molecule has 1 aromatic carbocycles. The van der Waals surface area contributed by atoms with Gasteiger partial charge in [0.15, 0.2) is 11.6 Å². The van der Waals surface area contributed by atoms with Gasteiger partial charge in [-0.05, 0) is 27.4 Å². The quantitative estimate of drug-likeness (QED) is 0.826. The first-order valence-corrected chi connectivity index (χ1v) is 5.47. The zero-order valence-electron chi connectivity index (χ0n) is 9.01. The lowest BCUT2D eigenvalue weighted by Crippen LogP contribution is -2.26. The zero-order valence-corrected chi connectivity index (χ0v) is 10.6. The molecule has 0 fully saturated rings. The third kappa shape index (κ3) is 2.49. The minimum Gasteiger partial charge on any atom is -0.505 e. The number of aromatic hydroxyl groups is 1. The van der Waals surface area contributed by atoms with Crippen LogP contribution < -0.4 is 5.73 Å². The first kappa shape index (κ1) is 12.5. The van der Waals surface area contributed by atoms with E-state index in [0.29, 0.717) is 5.56 Å². The third-order valence-electron chi connectivity index (χ3n) is 2.37. The van der Waals surface area contributed by atoms with Crippen LogP contribution in [0.25, 0.3) is 0 Å². The van der Waals surface area contributed by atoms with Gasteiger partial charge >= 0.3 is 0 Å². The van der Waals surface area contributed by atoms with Crippen molar-refractivity contribution in [2.75, 3.05) is 0 Å². The van der Waals surface area contributed by atoms with E-state index in [9.17, 15) is 9.50 Å². The molecule has 4 heteroatoms. The van der Waals surface area contributed by atoms with Crippen molar-refractivity contribution >= 4 is 15.9 Å². The van der Waals surface area contributed by atoms with Gasteiger partial charge in [0.05, 0.1) is 4.47 Å². The van der Waals surface area contributed by atoms with Crippen LogP contribution in [-0.4, -0.2) is 5.11 Å². The number of halogens is 2. The van der Waals surface area contributed by atoms with Crippen LogP contribution >= 0.6 is 15.9 Å². The van der Waals surface area contributed by atoms with E-state index >= 15 is 0 Å². The lowest BCUT2D eigenvalue weighted by molar-refractivity contribution is 0.313. The predicted octanol–water partition coefficient (Wildman–Crippen LogP) is 3.34. The van der Waals surface area contributed by atoms with Crippen LogP contribution in [0.3, 0.4) is 0 Å². The summed E-state index contributed by atoms with van der Waals surface area (Å²) in [6.07, 6.45) is 0. The second kappa shape index (κ2) is 4.10. The molecule has 2 nitrogen and oxygen atoms in total. The molecule has 3 N–H and O–H groups in total. The first-order chi connectivity index (χ1) is 6.75. The molecule has 0 aromatic heterocycles. The molecule has 0 heterocycles. The smallest absolute Gasteiger partial charge is 0.179 e. The van der Waals surface area contributed by atoms with Gasteiger partial charge in [0.25, 0.3) is 0 Å². The van der Waals surface area contributed by atoms with Crippen molar-refractivity contribution in [1.29, 1.82) is 0 Å². The fourth-order valence-electron chi connectivity index (χ4n) is 1.27. The Balaban J connectivity index is 3.23. The summed E-state index contributed by atoms with van der Waals surface area (Å²) in [6.45, 7) is 5.82. The standard InChI is InChI=1S/C11H15BrFNO/c1-11(2,3)10(14)6-4-5-7(12)8(13)9(6)15/h4-5,10,15H,14H2,1-3H3/t10-/m0/s1. The molecular formula is C11H15BrFNO. The van der Waals surface area contributed by atoms with Crippen molar-refractivity contribution in [3.8, 4) is 5.75 Å². The summed E-state index contributed by atoms with van der Waals surface area (Å²) in [5.74, 6) is -1.03. The summed E-state index contributed by atoms with van der Waals surface area (Å²) >= 11 is 3.00. The molecule has 1 aromatic rings. The van der Waals surface area contributed by atoms with E-state index in [1.807, 2.05) is 20.8 Å². The van der Waals surface area contributed by atoms with Gasteiger partial charge in [-0.2, -0.15) is 0 Å². The third-order valence-corrected chi connectivity index (χ3v) is 2.98. The molecular weight excluding hydrogens is 261 g/mol. The Labute approximate surface area is 97.4 Å². The van der Waals surface area contributed by atoms with Crippen molar-refractivity contribution in [3.63, 3.8) is 0 Å². The van der Waals surface area contributed by atoms with E-state index in [0.717, 1.165) is 0 Å². The van der Waals surface area contributed by atoms with Crippen molar-refractivity contribution in [2.45, 2.75) is 26.8 Å². The first-order valence-electron chi connectivity index (χ1n) is 4.67. The fraction of sp³-hybridized carbons (Fsp3) is 0.455. The molecule has 0 spiro atoms. The van der Waals surface area contributed by atoms with Gasteiger partial charge in [-0.15, -0.1) is 0 Å². The second-order valence-electron chi connectivity index (χ2n) is 4.64. The molecule has 0 unspecified atom stereocenters. The molecule has 15 heavy (non-hydrogen) atoms. The van der Waals surface area contributed by atoms with Crippen LogP contribution in [0, 0.1) is 11.2 Å². The molecule has 0 bridgehead atoms. The molecule has 0 amide bonds. The van der Waals surface area contributed by atoms with Gasteiger partial charge < -0.3 is 10.8 Å². The molecule has 0 aliphatic rings. The van der Waals surface area contributed by atoms with Crippen LogP contribution in [0.15, 0.2) is 16.6 Å². The number of phenolic OH excluding ortho intramolecular Hbond substituents is 1. The highest BCUT2D eigenvalue weighted by Gasteiger charge is 2.26. The molecule has 84 valence electrons. The molecule has 0 radical (unpaired) electrons. The minimum atomic E-state index is -0.660. The van der Waals surface area contributed by atoms with Gasteiger partial charge in [0.2, 0.25) is 0 Å². The fourth-order valence-corrected chi connectivity index (χ4v) is 1.59. The minimum absolute atomic E-state index is 0.224. The van der Waals surface area contributed by atoms with Crippen LogP contribution in [0.1, 0.15) is 32.4 Å². The van der Waals surface area contributed by atoms with Gasteiger partial charge in [-0.1, -0.05) is 26.8 Å². The zero-order chi connectivity index (χ0) is 11.8. The molecule has 1 atom stereocenters. The van der Waals surface area contributed by atoms with Crippen molar-refractivity contribution < 1.29 is 9.50 Å². The Morgan fingerprint density at radius 3 is 2.40 bits per heavy atom. The van der Waals surface area contributed by atoms with Crippen molar-refractivity contribution in [3.05, 3.63) is 28.0 Å². The summed E-state index contributed by atoms with van der Waals surface area (Å²) in [5.41, 5.74) is 6.16. The number of hydrogen-bond acceptors (Lipinski definition) is 2. The Morgan fingerprint density at radius 2 is 1.93 bits per heavy atom. The van der Waals surface area contributed by atoms with E-state index < -0.39 is 11.9 Å². The Morgan fingerprint density at radius 1 is 1.40 bits per heavy atom. The summed E-state index contributed by atoms with van der Waals surface area (Å²) in [6, 6.07) is 2.79. The van der Waals surface area contributed by atoms with Gasteiger partial charge in [-0.25, -0.2) is 4.39 Å². The Bertz CT molecular complexity index is 374. The number of hydrogen-bond donors (Lipinski definition) is 2. The summed E-state index contributed by atoms with van der Waals surface area (Å²) < 4.78 is 13.6. The predicted molar refractivity (Wildman–Crippen MR) is 62.1 cm³/mol. The van der Waals surface area contributed by atoms with Gasteiger partial charge in [-0.3, -0.25) is 0 Å². The van der Waals surface area contributed by atoms with Crippen LogP contribution in [0.5, 0.6) is 5.75 Å². The highest BCUT2D eigenvalue weighted by Crippen LogP contribution is 2.38. The number of phenols is 1. The largest absolute Gasteiger partial charge is 0.505 e. The number of rotatable bonds is 1. The highest BCUT2D eigenvalue weighted by molar-refractivity contribution is 9.10. The van der Waals surface area contributed by atoms with Crippen LogP contribution in [0.4, 0.5) is 4.39 Å². The maximum atomic E-state index is 13.4. The van der Waals surface area contributed by atoms with Crippen molar-refractivity contribution in [2.24, 2.45) is 11.1 Å². The SMILES string of the molecule is CC(C)(C)[C@@H](N)c1ccc(Br)c(F)c1O. The lowest BCUT2D eigenvalue weighted by atomic mass is 9.83. The van der Waals surface area contributed by atoms with Gasteiger partial charge in [0, 0.05) is 11.6 Å². The topological polar surface area (TPSA) is 46.2 Å². The molecule has 0 aliphatic heterocycles. The Hall–Kier alpha value is -0.610. The monoisotopic (exact) mass is 275 g/mol. The summed E-state index contributed by atoms with van der Waals surface area (Å²) in [5, 5.41) is 9.63. The highest BCUT2D eigenvalue weighted by atomic mass is 79.9. The van der Waals surface area contributed by atoms with Crippen molar-refractivity contribution in [1.82, 2.24) is 0 Å². The van der Waals surface area contributed by atoms with Gasteiger partial charge in [0.1, 0.15) is 0 Å². The number of nitrogens with two attached hydrogens (primary N) is 1. The Kier molecular flexibility index (Phi) is 3.41. The average molecular weight is 276 g/mol. The van der Waals surface area contributed by atoms with Crippen LogP contribution in [0.2, 0.25) is 0 Å². The summed E-state index contributed by atoms with van der Waals surface area (Å²) in [7, 11) is 0.